The molecule has 0 spiro atoms. The predicted octanol–water partition coefficient (Wildman–Crippen LogP) is 2.32. The zero-order valence-electron chi connectivity index (χ0n) is 17.6. The molecular weight excluding hydrogens is 473 g/mol. The number of nitrogens with zero attached hydrogens (tertiary/aromatic N) is 3. The summed E-state index contributed by atoms with van der Waals surface area (Å²) in [6.07, 6.45) is -2.55. The third-order valence-electron chi connectivity index (χ3n) is 5.04. The van der Waals surface area contributed by atoms with Crippen molar-refractivity contribution in [3.63, 3.8) is 0 Å². The van der Waals surface area contributed by atoms with Gasteiger partial charge in [0.15, 0.2) is 0 Å². The van der Waals surface area contributed by atoms with Gasteiger partial charge in [0.25, 0.3) is 5.69 Å². The monoisotopic (exact) mass is 498 g/mol. The first-order valence-corrected chi connectivity index (χ1v) is 12.8. The minimum atomic E-state index is -4.70. The van der Waals surface area contributed by atoms with Crippen LogP contribution in [0.3, 0.4) is 0 Å². The van der Waals surface area contributed by atoms with Gasteiger partial charge in [-0.2, -0.15) is 24.9 Å². The summed E-state index contributed by atoms with van der Waals surface area (Å²) in [6.45, 7) is 2.09. The number of thioether (sulfide) groups is 1. The van der Waals surface area contributed by atoms with Crippen molar-refractivity contribution in [3.8, 4) is 0 Å². The van der Waals surface area contributed by atoms with Gasteiger partial charge < -0.3 is 9.80 Å². The second-order valence-electron chi connectivity index (χ2n) is 7.13. The van der Waals surface area contributed by atoms with E-state index in [0.717, 1.165) is 12.1 Å². The number of piperazine rings is 1. The smallest absolute Gasteiger partial charge is 0.362 e. The number of carbonyl (C=O) groups is 1. The summed E-state index contributed by atoms with van der Waals surface area (Å²) in [6, 6.07) is 1.44. The number of benzene rings is 1. The zero-order valence-corrected chi connectivity index (χ0v) is 19.2. The largest absolute Gasteiger partial charge is 0.416 e. The molecular formula is C18H25F3N4O5S2. The molecule has 1 heterocycles. The topological polar surface area (TPSA) is 113 Å². The average Bonchev–Trinajstić information content (AvgIpc) is 2.75. The van der Waals surface area contributed by atoms with E-state index in [1.54, 1.807) is 4.90 Å². The Bertz CT molecular complexity index is 935. The van der Waals surface area contributed by atoms with Crippen LogP contribution >= 0.6 is 11.8 Å². The van der Waals surface area contributed by atoms with Gasteiger partial charge in [-0.3, -0.25) is 14.9 Å². The molecule has 180 valence electrons. The molecule has 0 bridgehead atoms. The van der Waals surface area contributed by atoms with Gasteiger partial charge in [-0.1, -0.05) is 0 Å². The molecule has 32 heavy (non-hydrogen) atoms. The van der Waals surface area contributed by atoms with Gasteiger partial charge in [-0.25, -0.2) is 13.1 Å². The molecule has 1 aliphatic rings. The van der Waals surface area contributed by atoms with E-state index in [1.807, 2.05) is 6.26 Å². The number of alkyl halides is 3. The van der Waals surface area contributed by atoms with Gasteiger partial charge in [0.2, 0.25) is 15.9 Å². The number of nitro groups is 1. The van der Waals surface area contributed by atoms with Crippen LogP contribution in [0.1, 0.15) is 18.9 Å². The SMILES string of the molecule is CCS(=O)(=O)NC(CCSC)C(=O)N1CCN(c2ccc(C(F)(F)F)cc2[N+](=O)[O-])CC1. The van der Waals surface area contributed by atoms with E-state index in [-0.39, 0.29) is 37.6 Å². The van der Waals surface area contributed by atoms with Crippen molar-refractivity contribution in [2.45, 2.75) is 25.6 Å². The van der Waals surface area contributed by atoms with Crippen molar-refractivity contribution in [1.29, 1.82) is 0 Å². The van der Waals surface area contributed by atoms with Crippen LogP contribution in [0.25, 0.3) is 0 Å². The minimum Gasteiger partial charge on any atom is -0.362 e. The maximum absolute atomic E-state index is 12.9. The van der Waals surface area contributed by atoms with Gasteiger partial charge in [0.05, 0.1) is 16.2 Å². The summed E-state index contributed by atoms with van der Waals surface area (Å²) >= 11 is 1.47. The number of halogens is 3. The highest BCUT2D eigenvalue weighted by molar-refractivity contribution is 7.98. The van der Waals surface area contributed by atoms with E-state index in [1.165, 1.54) is 23.6 Å². The Morgan fingerprint density at radius 1 is 1.28 bits per heavy atom. The van der Waals surface area contributed by atoms with Crippen LogP contribution in [0.4, 0.5) is 24.5 Å². The molecule has 0 aliphatic carbocycles. The molecule has 1 aliphatic heterocycles. The number of amides is 1. The second-order valence-corrected chi connectivity index (χ2v) is 10.2. The lowest BCUT2D eigenvalue weighted by Crippen LogP contribution is -2.55. The van der Waals surface area contributed by atoms with E-state index in [4.69, 9.17) is 0 Å². The summed E-state index contributed by atoms with van der Waals surface area (Å²) in [5.74, 6) is 0.0135. The highest BCUT2D eigenvalue weighted by Crippen LogP contribution is 2.36. The Labute approximate surface area is 188 Å². The lowest BCUT2D eigenvalue weighted by Gasteiger charge is -2.37. The standard InChI is InChI=1S/C18H25F3N4O5S2/c1-3-32(29,30)22-14(6-11-31-2)17(26)24-9-7-23(8-10-24)15-5-4-13(18(19,20)21)12-16(15)25(27)28/h4-5,12,14,22H,3,6-11H2,1-2H3. The summed E-state index contributed by atoms with van der Waals surface area (Å²) in [5, 5.41) is 11.3. The van der Waals surface area contributed by atoms with Crippen molar-refractivity contribution < 1.29 is 31.3 Å². The number of hydrogen-bond acceptors (Lipinski definition) is 7. The quantitative estimate of drug-likeness (QED) is 0.411. The van der Waals surface area contributed by atoms with Crippen LogP contribution in [-0.4, -0.2) is 74.1 Å². The molecule has 1 amide bonds. The van der Waals surface area contributed by atoms with Crippen LogP contribution in [0.2, 0.25) is 0 Å². The van der Waals surface area contributed by atoms with Crippen LogP contribution in [0.15, 0.2) is 18.2 Å². The van der Waals surface area contributed by atoms with Gasteiger partial charge in [-0.15, -0.1) is 0 Å². The number of anilines is 1. The minimum absolute atomic E-state index is 0.0423. The summed E-state index contributed by atoms with van der Waals surface area (Å²) in [4.78, 5) is 26.4. The lowest BCUT2D eigenvalue weighted by molar-refractivity contribution is -0.384. The number of carbonyl (C=O) groups excluding carboxylic acids is 1. The van der Waals surface area contributed by atoms with E-state index in [2.05, 4.69) is 4.72 Å². The summed E-state index contributed by atoms with van der Waals surface area (Å²) < 4.78 is 65.1. The Morgan fingerprint density at radius 2 is 1.91 bits per heavy atom. The second kappa shape index (κ2) is 10.7. The fourth-order valence-electron chi connectivity index (χ4n) is 3.27. The normalized spacial score (nSPS) is 16.2. The molecule has 1 aromatic rings. The Hall–Kier alpha value is -2.06. The molecule has 1 fully saturated rings. The third-order valence-corrected chi connectivity index (χ3v) is 7.09. The van der Waals surface area contributed by atoms with Crippen molar-refractivity contribution in [1.82, 2.24) is 9.62 Å². The summed E-state index contributed by atoms with van der Waals surface area (Å²) in [7, 11) is -3.60. The van der Waals surface area contributed by atoms with Gasteiger partial charge in [0, 0.05) is 32.2 Å². The molecule has 0 aromatic heterocycles. The Kier molecular flexibility index (Phi) is 8.76. The maximum atomic E-state index is 12.9. The molecule has 1 aromatic carbocycles. The number of sulfonamides is 1. The van der Waals surface area contributed by atoms with E-state index >= 15 is 0 Å². The number of nitro benzene ring substituents is 1. The lowest BCUT2D eigenvalue weighted by atomic mass is 10.1. The Morgan fingerprint density at radius 3 is 2.41 bits per heavy atom. The molecule has 14 heteroatoms. The molecule has 1 unspecified atom stereocenters. The Balaban J connectivity index is 2.14. The van der Waals surface area contributed by atoms with Gasteiger partial charge in [0.1, 0.15) is 11.7 Å². The first kappa shape index (κ1) is 26.2. The third kappa shape index (κ3) is 6.72. The van der Waals surface area contributed by atoms with Gasteiger partial charge in [-0.05, 0) is 37.5 Å². The molecule has 0 radical (unpaired) electrons. The average molecular weight is 499 g/mol. The highest BCUT2D eigenvalue weighted by Gasteiger charge is 2.35. The fourth-order valence-corrected chi connectivity index (χ4v) is 4.56. The predicted molar refractivity (Wildman–Crippen MR) is 116 cm³/mol. The highest BCUT2D eigenvalue weighted by atomic mass is 32.2. The van der Waals surface area contributed by atoms with Crippen LogP contribution < -0.4 is 9.62 Å². The van der Waals surface area contributed by atoms with E-state index < -0.39 is 44.3 Å². The zero-order chi connectivity index (χ0) is 24.1. The van der Waals surface area contributed by atoms with Crippen LogP contribution in [0, 0.1) is 10.1 Å². The molecule has 1 N–H and O–H groups in total. The van der Waals surface area contributed by atoms with Crippen molar-refractivity contribution in [2.24, 2.45) is 0 Å². The van der Waals surface area contributed by atoms with Crippen molar-refractivity contribution in [2.75, 3.05) is 48.8 Å². The maximum Gasteiger partial charge on any atom is 0.416 e. The van der Waals surface area contributed by atoms with Crippen molar-refractivity contribution in [3.05, 3.63) is 33.9 Å². The molecule has 1 saturated heterocycles. The van der Waals surface area contributed by atoms with Crippen LogP contribution in [-0.2, 0) is 21.0 Å². The number of rotatable bonds is 9. The van der Waals surface area contributed by atoms with Crippen molar-refractivity contribution >= 4 is 39.1 Å². The molecule has 9 nitrogen and oxygen atoms in total. The van der Waals surface area contributed by atoms with Crippen LogP contribution in [0.5, 0.6) is 0 Å². The number of nitrogens with one attached hydrogen (secondary N) is 1. The first-order chi connectivity index (χ1) is 14.9. The molecule has 1 atom stereocenters. The van der Waals surface area contributed by atoms with E-state index in [9.17, 15) is 36.5 Å². The molecule has 2 rings (SSSR count). The fraction of sp³-hybridized carbons (Fsp3) is 0.611. The van der Waals surface area contributed by atoms with Gasteiger partial charge >= 0.3 is 6.18 Å². The molecule has 0 saturated carbocycles. The first-order valence-electron chi connectivity index (χ1n) is 9.78. The van der Waals surface area contributed by atoms with E-state index in [0.29, 0.717) is 18.2 Å². The summed E-state index contributed by atoms with van der Waals surface area (Å²) in [5.41, 5.74) is -1.73. The number of hydrogen-bond donors (Lipinski definition) is 1.